The summed E-state index contributed by atoms with van der Waals surface area (Å²) in [6, 6.07) is 28.9. The van der Waals surface area contributed by atoms with Crippen LogP contribution >= 0.6 is 22.9 Å². The van der Waals surface area contributed by atoms with Crippen LogP contribution < -0.4 is 45.9 Å². The molecule has 1 saturated heterocycles. The molecule has 0 radical (unpaired) electrons. The molecule has 8 aromatic rings. The smallest absolute Gasteiger partial charge is 0.408 e. The number of urea groups is 1. The SMILES string of the molecule is C#CCOCc1cc(NC(=O)[C@H](CCCNC(N)=O)NC(=O)[C@@H](NC(=O)OC(C)(C)C)C(C)C)ccc1C[N+]1(C)CCN(CCOc2ccc(-c3c(-c4ccc(F)cc4)sc4ncnc(O[C@H](Cc5ccccc5OCc5ccnc(-c6ccccc6OC)n5)C(=O)O)c34)c(C)c2Cl)CC1. The Morgan fingerprint density at radius 3 is 2.31 bits per heavy atom. The Hall–Kier alpha value is -9.97. The number of hydrogen-bond donors (Lipinski definition) is 6. The highest BCUT2D eigenvalue weighted by atomic mass is 35.5. The number of halogens is 2. The Labute approximate surface area is 589 Å². The molecule has 526 valence electrons. The van der Waals surface area contributed by atoms with E-state index in [9.17, 15) is 33.5 Å². The van der Waals surface area contributed by atoms with Crippen molar-refractivity contribution in [2.45, 2.75) is 104 Å². The third kappa shape index (κ3) is 19.9. The Morgan fingerprint density at radius 1 is 0.860 bits per heavy atom. The summed E-state index contributed by atoms with van der Waals surface area (Å²) in [6.07, 6.45) is 6.65. The molecule has 1 aliphatic heterocycles. The first kappa shape index (κ1) is 74.3. The van der Waals surface area contributed by atoms with Gasteiger partial charge in [0.2, 0.25) is 23.8 Å². The summed E-state index contributed by atoms with van der Waals surface area (Å²) in [5, 5.41) is 22.5. The number of piperazine rings is 1. The van der Waals surface area contributed by atoms with Gasteiger partial charge in [0.15, 0.2) is 5.82 Å². The summed E-state index contributed by atoms with van der Waals surface area (Å²) < 4.78 is 51.2. The maximum atomic E-state index is 14.5. The van der Waals surface area contributed by atoms with Crippen molar-refractivity contribution >= 4 is 68.7 Å². The standard InChI is InChI=1S/C74H83ClFN11O12S/c1-10-37-95-42-50-39-52(83-67(88)56(18-15-30-79-72(77)92)84-68(89)64(45(2)3)85-73(93)99-74(5,6)7)26-23-49(50)41-87(8)35-32-86(33-36-87)34-38-96-59-28-27-54(46(4)63(59)75)61-62-69(80-44-81-70(62)100-65(61)47-21-24-51(76)25-22-47)98-60(71(90)91)40-48-16-11-13-19-57(48)97-43-53-29-31-78-66(82-53)55-17-12-14-20-58(55)94-9/h1,11-14,16-17,19-29,31,39,44-45,56,60,64H,15,18,30,32-38,40-43H2,2-9H3,(H6-,77,79,83,84,85,88,89,90,91,92,93)/p+1/t56-,60+,64-/m0/s1. The fourth-order valence-electron chi connectivity index (χ4n) is 11.5. The third-order valence-corrected chi connectivity index (χ3v) is 18.4. The average Bonchev–Trinajstić information content (AvgIpc) is 1.58. The van der Waals surface area contributed by atoms with Gasteiger partial charge in [-0.05, 0) is 129 Å². The van der Waals surface area contributed by atoms with E-state index < -0.39 is 59.5 Å². The lowest BCUT2D eigenvalue weighted by molar-refractivity contribution is -0.926. The Morgan fingerprint density at radius 2 is 1.60 bits per heavy atom. The zero-order valence-electron chi connectivity index (χ0n) is 57.2. The second-order valence-electron chi connectivity index (χ2n) is 25.8. The molecule has 9 rings (SSSR count). The highest BCUT2D eigenvalue weighted by Gasteiger charge is 2.34. The normalized spacial score (nSPS) is 13.9. The maximum Gasteiger partial charge on any atom is 0.408 e. The van der Waals surface area contributed by atoms with Gasteiger partial charge in [-0.2, -0.15) is 0 Å². The minimum absolute atomic E-state index is 0.0228. The van der Waals surface area contributed by atoms with Gasteiger partial charge in [-0.15, -0.1) is 17.8 Å². The number of aromatic nitrogens is 4. The number of nitrogens with one attached hydrogen (secondary N) is 4. The van der Waals surface area contributed by atoms with Crippen molar-refractivity contribution in [3.8, 4) is 68.4 Å². The zero-order chi connectivity index (χ0) is 71.7. The molecule has 1 aliphatic rings. The van der Waals surface area contributed by atoms with E-state index in [2.05, 4.69) is 54.1 Å². The van der Waals surface area contributed by atoms with E-state index in [0.29, 0.717) is 113 Å². The number of thiophene rings is 1. The molecule has 1 fully saturated rings. The van der Waals surface area contributed by atoms with Crippen LogP contribution in [-0.4, -0.2) is 155 Å². The van der Waals surface area contributed by atoms with Gasteiger partial charge in [0, 0.05) is 60.5 Å². The molecular weight excluding hydrogens is 1320 g/mol. The van der Waals surface area contributed by atoms with Crippen LogP contribution in [-0.2, 0) is 50.0 Å². The van der Waals surface area contributed by atoms with Crippen molar-refractivity contribution in [1.29, 1.82) is 0 Å². The molecular formula is C74H84ClFN11O12S+. The van der Waals surface area contributed by atoms with Crippen molar-refractivity contribution in [3.05, 3.63) is 161 Å². The number of amides is 5. The van der Waals surface area contributed by atoms with Crippen LogP contribution in [0.25, 0.3) is 43.2 Å². The molecule has 5 aromatic carbocycles. The van der Waals surface area contributed by atoms with Crippen molar-refractivity contribution in [2.75, 3.05) is 72.0 Å². The molecule has 0 saturated carbocycles. The zero-order valence-corrected chi connectivity index (χ0v) is 58.8. The number of hydrogen-bond acceptors (Lipinski definition) is 17. The number of carbonyl (C=O) groups excluding carboxylic acids is 4. The van der Waals surface area contributed by atoms with Crippen molar-refractivity contribution in [1.82, 2.24) is 40.8 Å². The number of methoxy groups -OCH3 is 1. The second-order valence-corrected chi connectivity index (χ2v) is 27.2. The lowest BCUT2D eigenvalue weighted by Crippen LogP contribution is -2.57. The van der Waals surface area contributed by atoms with Crippen LogP contribution in [0.3, 0.4) is 0 Å². The minimum atomic E-state index is -1.45. The number of aliphatic carboxylic acids is 1. The Kier molecular flexibility index (Phi) is 25.4. The molecule has 23 nitrogen and oxygen atoms in total. The van der Waals surface area contributed by atoms with Crippen LogP contribution in [0.1, 0.15) is 75.4 Å². The number of ether oxygens (including phenoxy) is 6. The fourth-order valence-corrected chi connectivity index (χ4v) is 12.9. The summed E-state index contributed by atoms with van der Waals surface area (Å²) in [7, 11) is 3.78. The van der Waals surface area contributed by atoms with E-state index in [4.69, 9.17) is 57.2 Å². The number of fused-ring (bicyclic) bond motifs is 1. The Balaban J connectivity index is 0.862. The van der Waals surface area contributed by atoms with Crippen LogP contribution in [0.4, 0.5) is 19.7 Å². The molecule has 4 heterocycles. The van der Waals surface area contributed by atoms with E-state index in [1.54, 1.807) is 103 Å². The van der Waals surface area contributed by atoms with Crippen LogP contribution in [0.15, 0.2) is 122 Å². The monoisotopic (exact) mass is 1400 g/mol. The van der Waals surface area contributed by atoms with Gasteiger partial charge in [-0.1, -0.05) is 86.0 Å². The maximum absolute atomic E-state index is 14.5. The topological polar surface area (TPSA) is 290 Å². The van der Waals surface area contributed by atoms with Gasteiger partial charge in [-0.25, -0.2) is 38.7 Å². The second kappa shape index (κ2) is 34.2. The number of anilines is 1. The molecule has 0 spiro atoms. The number of nitrogens with two attached hydrogens (primary N) is 1. The number of carboxylic acid groups (broad SMARTS) is 1. The van der Waals surface area contributed by atoms with Gasteiger partial charge in [0.1, 0.15) is 78.3 Å². The number of rotatable bonds is 31. The summed E-state index contributed by atoms with van der Waals surface area (Å²) in [4.78, 5) is 87.2. The van der Waals surface area contributed by atoms with E-state index in [0.717, 1.165) is 42.9 Å². The minimum Gasteiger partial charge on any atom is -0.496 e. The van der Waals surface area contributed by atoms with Gasteiger partial charge < -0.3 is 65.0 Å². The summed E-state index contributed by atoms with van der Waals surface area (Å²) >= 11 is 8.59. The molecule has 5 amide bonds. The number of quaternary nitrogens is 1. The first-order chi connectivity index (χ1) is 47.9. The average molecular weight is 1410 g/mol. The molecule has 100 heavy (non-hydrogen) atoms. The molecule has 7 N–H and O–H groups in total. The van der Waals surface area contributed by atoms with E-state index in [1.165, 1.54) is 29.8 Å². The van der Waals surface area contributed by atoms with Gasteiger partial charge in [0.05, 0.1) is 55.5 Å². The number of likely N-dealkylation sites (N-methyl/N-ethyl adjacent to an activating group) is 1. The summed E-state index contributed by atoms with van der Waals surface area (Å²) in [5.41, 5.74) is 11.3. The van der Waals surface area contributed by atoms with Gasteiger partial charge in [0.25, 0.3) is 0 Å². The number of nitrogens with zero attached hydrogens (tertiary/aromatic N) is 6. The van der Waals surface area contributed by atoms with E-state index in [1.807, 2.05) is 49.4 Å². The van der Waals surface area contributed by atoms with Crippen molar-refractivity contribution in [2.24, 2.45) is 11.7 Å². The summed E-state index contributed by atoms with van der Waals surface area (Å²) in [6.45, 7) is 15.7. The largest absolute Gasteiger partial charge is 0.496 e. The molecule has 0 bridgehead atoms. The van der Waals surface area contributed by atoms with Crippen LogP contribution in [0.5, 0.6) is 23.1 Å². The number of carbonyl (C=O) groups is 5. The molecule has 3 aromatic heterocycles. The molecule has 26 heteroatoms. The number of carboxylic acids is 1. The fraction of sp³-hybridized carbons (Fsp3) is 0.365. The van der Waals surface area contributed by atoms with E-state index in [-0.39, 0.29) is 51.0 Å². The number of benzene rings is 5. The number of terminal acetylenes is 1. The van der Waals surface area contributed by atoms with Crippen molar-refractivity contribution in [3.63, 3.8) is 0 Å². The van der Waals surface area contributed by atoms with Gasteiger partial charge in [-0.3, -0.25) is 14.5 Å². The lowest BCUT2D eigenvalue weighted by Gasteiger charge is -2.42. The first-order valence-corrected chi connectivity index (χ1v) is 33.9. The first-order valence-electron chi connectivity index (χ1n) is 32.7. The highest BCUT2D eigenvalue weighted by Crippen LogP contribution is 2.50. The molecule has 3 atom stereocenters. The lowest BCUT2D eigenvalue weighted by atomic mass is 9.96. The van der Waals surface area contributed by atoms with E-state index >= 15 is 0 Å². The third-order valence-electron chi connectivity index (χ3n) is 16.8. The Bertz CT molecular complexity index is 4250. The van der Waals surface area contributed by atoms with Crippen molar-refractivity contribution < 1.29 is 66.4 Å². The van der Waals surface area contributed by atoms with Gasteiger partial charge >= 0.3 is 18.1 Å². The predicted octanol–water partition coefficient (Wildman–Crippen LogP) is 11.2. The summed E-state index contributed by atoms with van der Waals surface area (Å²) in [5.74, 6) is 1.39. The number of primary amides is 1. The number of alkyl carbamates (subject to hydrolysis) is 1. The molecule has 0 unspecified atom stereocenters. The molecule has 0 aliphatic carbocycles. The number of para-hydroxylation sites is 2. The van der Waals surface area contributed by atoms with Crippen LogP contribution in [0, 0.1) is 31.0 Å². The predicted molar refractivity (Wildman–Crippen MR) is 380 cm³/mol. The highest BCUT2D eigenvalue weighted by molar-refractivity contribution is 7.22. The van der Waals surface area contributed by atoms with Crippen LogP contribution in [0.2, 0.25) is 5.02 Å². The quantitative estimate of drug-likeness (QED) is 0.0134.